The maximum atomic E-state index is 5.92. The normalized spacial score (nSPS) is 18.6. The van der Waals surface area contributed by atoms with Gasteiger partial charge in [-0.2, -0.15) is 0 Å². The molecule has 0 amide bonds. The lowest BCUT2D eigenvalue weighted by Crippen LogP contribution is -2.47. The van der Waals surface area contributed by atoms with Gasteiger partial charge in [-0.25, -0.2) is 4.98 Å². The van der Waals surface area contributed by atoms with Crippen LogP contribution < -0.4 is 5.32 Å². The van der Waals surface area contributed by atoms with E-state index in [-0.39, 0.29) is 12.4 Å². The molecule has 0 bridgehead atoms. The van der Waals surface area contributed by atoms with Crippen molar-refractivity contribution >= 4 is 35.8 Å². The molecule has 1 aromatic heterocycles. The lowest BCUT2D eigenvalue weighted by molar-refractivity contribution is 0.163. The third-order valence-electron chi connectivity index (χ3n) is 3.97. The topological polar surface area (TPSA) is 33.1 Å². The van der Waals surface area contributed by atoms with Crippen LogP contribution in [0.15, 0.2) is 41.6 Å². The highest BCUT2D eigenvalue weighted by molar-refractivity contribution is 7.99. The summed E-state index contributed by atoms with van der Waals surface area (Å²) in [7, 11) is 2.07. The van der Waals surface area contributed by atoms with E-state index < -0.39 is 0 Å². The molecule has 2 heterocycles. The molecule has 126 valence electrons. The van der Waals surface area contributed by atoms with Crippen molar-refractivity contribution in [1.29, 1.82) is 0 Å². The number of nitrogens with zero attached hydrogens (tertiary/aromatic N) is 3. The standard InChI is InChI=1S/C16H21ClN4S.ClH/c1-20-8-7-19-16(20)15-12-18-6-9-21(15)10-11-22-14-4-2-13(17)3-5-14;/h2-5,7-8,15,18H,6,9-12H2,1H3;1H. The Morgan fingerprint density at radius 2 is 2.13 bits per heavy atom. The quantitative estimate of drug-likeness (QED) is 0.816. The Hall–Kier alpha value is -0.720. The molecule has 1 aliphatic heterocycles. The number of halogens is 2. The predicted molar refractivity (Wildman–Crippen MR) is 99.8 cm³/mol. The van der Waals surface area contributed by atoms with Gasteiger partial charge in [0.25, 0.3) is 0 Å². The number of imidazole rings is 1. The lowest BCUT2D eigenvalue weighted by atomic mass is 10.2. The van der Waals surface area contributed by atoms with E-state index in [0.29, 0.717) is 6.04 Å². The van der Waals surface area contributed by atoms with Crippen LogP contribution in [0.4, 0.5) is 0 Å². The van der Waals surface area contributed by atoms with Crippen molar-refractivity contribution in [2.45, 2.75) is 10.9 Å². The van der Waals surface area contributed by atoms with Crippen LogP contribution in [0, 0.1) is 0 Å². The molecule has 1 unspecified atom stereocenters. The Morgan fingerprint density at radius 1 is 1.35 bits per heavy atom. The van der Waals surface area contributed by atoms with Gasteiger partial charge in [-0.15, -0.1) is 24.2 Å². The van der Waals surface area contributed by atoms with Crippen LogP contribution in [-0.2, 0) is 7.05 Å². The fourth-order valence-corrected chi connectivity index (χ4v) is 3.79. The first-order valence-electron chi connectivity index (χ1n) is 7.54. The number of hydrogen-bond donors (Lipinski definition) is 1. The van der Waals surface area contributed by atoms with E-state index in [1.165, 1.54) is 4.90 Å². The Bertz CT molecular complexity index is 602. The van der Waals surface area contributed by atoms with Gasteiger partial charge in [0.05, 0.1) is 6.04 Å². The Kier molecular flexibility index (Phi) is 7.24. The molecule has 2 aromatic rings. The van der Waals surface area contributed by atoms with Crippen LogP contribution in [0.3, 0.4) is 0 Å². The summed E-state index contributed by atoms with van der Waals surface area (Å²) in [5.41, 5.74) is 0. The number of rotatable bonds is 5. The third-order valence-corrected chi connectivity index (χ3v) is 5.22. The molecule has 1 fully saturated rings. The van der Waals surface area contributed by atoms with Gasteiger partial charge in [0.1, 0.15) is 5.82 Å². The van der Waals surface area contributed by atoms with Gasteiger partial charge >= 0.3 is 0 Å². The van der Waals surface area contributed by atoms with Crippen molar-refractivity contribution in [3.8, 4) is 0 Å². The SMILES string of the molecule is Cl.Cn1ccnc1C1CNCCN1CCSc1ccc(Cl)cc1. The van der Waals surface area contributed by atoms with Gasteiger partial charge in [-0.3, -0.25) is 4.90 Å². The fourth-order valence-electron chi connectivity index (χ4n) is 2.78. The monoisotopic (exact) mass is 372 g/mol. The molecule has 0 radical (unpaired) electrons. The molecule has 1 saturated heterocycles. The van der Waals surface area contributed by atoms with Crippen molar-refractivity contribution in [3.05, 3.63) is 47.5 Å². The number of benzene rings is 1. The van der Waals surface area contributed by atoms with Gasteiger partial charge in [-0.1, -0.05) is 11.6 Å². The van der Waals surface area contributed by atoms with Crippen molar-refractivity contribution < 1.29 is 0 Å². The van der Waals surface area contributed by atoms with Crippen molar-refractivity contribution in [2.24, 2.45) is 7.05 Å². The molecule has 7 heteroatoms. The minimum absolute atomic E-state index is 0. The summed E-state index contributed by atoms with van der Waals surface area (Å²) in [4.78, 5) is 8.33. The lowest BCUT2D eigenvalue weighted by Gasteiger charge is -2.35. The maximum absolute atomic E-state index is 5.92. The second-order valence-corrected chi connectivity index (χ2v) is 7.06. The van der Waals surface area contributed by atoms with Crippen LogP contribution in [0.5, 0.6) is 0 Å². The van der Waals surface area contributed by atoms with E-state index in [2.05, 4.69) is 38.9 Å². The summed E-state index contributed by atoms with van der Waals surface area (Å²) in [6.07, 6.45) is 3.90. The van der Waals surface area contributed by atoms with Crippen LogP contribution in [0.25, 0.3) is 0 Å². The van der Waals surface area contributed by atoms with E-state index >= 15 is 0 Å². The number of aromatic nitrogens is 2. The summed E-state index contributed by atoms with van der Waals surface area (Å²) in [5.74, 6) is 2.21. The van der Waals surface area contributed by atoms with E-state index in [0.717, 1.165) is 42.8 Å². The number of thioether (sulfide) groups is 1. The summed E-state index contributed by atoms with van der Waals surface area (Å²) >= 11 is 7.80. The zero-order valence-corrected chi connectivity index (χ0v) is 15.5. The fraction of sp³-hybridized carbons (Fsp3) is 0.438. The van der Waals surface area contributed by atoms with E-state index in [1.807, 2.05) is 36.3 Å². The van der Waals surface area contributed by atoms with Gasteiger partial charge in [0.15, 0.2) is 0 Å². The summed E-state index contributed by atoms with van der Waals surface area (Å²) in [6.45, 7) is 4.15. The molecule has 0 saturated carbocycles. The minimum atomic E-state index is 0. The van der Waals surface area contributed by atoms with Gasteiger partial charge < -0.3 is 9.88 Å². The largest absolute Gasteiger partial charge is 0.337 e. The number of aryl methyl sites for hydroxylation is 1. The zero-order valence-electron chi connectivity index (χ0n) is 13.1. The van der Waals surface area contributed by atoms with Gasteiger partial charge in [0.2, 0.25) is 0 Å². The molecule has 4 nitrogen and oxygen atoms in total. The van der Waals surface area contributed by atoms with E-state index in [4.69, 9.17) is 11.6 Å². The molecule has 1 aliphatic rings. The van der Waals surface area contributed by atoms with Crippen LogP contribution in [0.2, 0.25) is 5.02 Å². The first kappa shape index (κ1) is 18.6. The van der Waals surface area contributed by atoms with E-state index in [9.17, 15) is 0 Å². The zero-order chi connectivity index (χ0) is 15.4. The second-order valence-electron chi connectivity index (χ2n) is 5.45. The highest BCUT2D eigenvalue weighted by atomic mass is 35.5. The number of nitrogens with one attached hydrogen (secondary N) is 1. The number of piperazine rings is 1. The Morgan fingerprint density at radius 3 is 2.83 bits per heavy atom. The number of hydrogen-bond acceptors (Lipinski definition) is 4. The average Bonchev–Trinajstić information content (AvgIpc) is 2.96. The summed E-state index contributed by atoms with van der Waals surface area (Å²) in [5, 5.41) is 4.27. The molecule has 0 spiro atoms. The van der Waals surface area contributed by atoms with Crippen LogP contribution in [0.1, 0.15) is 11.9 Å². The molecule has 23 heavy (non-hydrogen) atoms. The maximum Gasteiger partial charge on any atom is 0.127 e. The molecule has 3 rings (SSSR count). The highest BCUT2D eigenvalue weighted by Gasteiger charge is 2.26. The second kappa shape index (κ2) is 8.94. The van der Waals surface area contributed by atoms with Crippen molar-refractivity contribution in [2.75, 3.05) is 31.9 Å². The average molecular weight is 373 g/mol. The predicted octanol–water partition coefficient (Wildman–Crippen LogP) is 3.23. The first-order chi connectivity index (χ1) is 10.7. The molecule has 1 aromatic carbocycles. The highest BCUT2D eigenvalue weighted by Crippen LogP contribution is 2.24. The molecular formula is C16H22Cl2N4S. The molecule has 0 aliphatic carbocycles. The van der Waals surface area contributed by atoms with Crippen molar-refractivity contribution in [3.63, 3.8) is 0 Å². The Balaban J connectivity index is 0.00000192. The Labute approximate surface area is 153 Å². The van der Waals surface area contributed by atoms with Crippen LogP contribution in [-0.4, -0.2) is 46.4 Å². The minimum Gasteiger partial charge on any atom is -0.337 e. The summed E-state index contributed by atoms with van der Waals surface area (Å²) < 4.78 is 2.12. The first-order valence-corrected chi connectivity index (χ1v) is 8.91. The summed E-state index contributed by atoms with van der Waals surface area (Å²) in [6, 6.07) is 8.43. The van der Waals surface area contributed by atoms with Crippen molar-refractivity contribution in [1.82, 2.24) is 19.8 Å². The molecule has 1 atom stereocenters. The molecule has 1 N–H and O–H groups in total. The van der Waals surface area contributed by atoms with E-state index in [1.54, 1.807) is 0 Å². The third kappa shape index (κ3) is 4.88. The van der Waals surface area contributed by atoms with Gasteiger partial charge in [0, 0.05) is 61.3 Å². The van der Waals surface area contributed by atoms with Crippen LogP contribution >= 0.6 is 35.8 Å². The molecular weight excluding hydrogens is 351 g/mol. The van der Waals surface area contributed by atoms with Gasteiger partial charge in [-0.05, 0) is 24.3 Å². The smallest absolute Gasteiger partial charge is 0.127 e.